The zero-order chi connectivity index (χ0) is 95.4. The van der Waals surface area contributed by atoms with Crippen molar-refractivity contribution >= 4 is 118 Å². The molecule has 1 heterocycles. The number of sulfonamides is 1. The summed E-state index contributed by atoms with van der Waals surface area (Å²) in [4.78, 5) is 246. The molecule has 0 aliphatic rings. The van der Waals surface area contributed by atoms with Gasteiger partial charge >= 0.3 is 15.2 Å². The summed E-state index contributed by atoms with van der Waals surface area (Å²) in [7, 11) is -14.2. The fraction of sp³-hybridized carbons (Fsp3) is 0.422. The van der Waals surface area contributed by atoms with E-state index in [1.807, 2.05) is 0 Å². The Kier molecular flexibility index (Phi) is 38.4. The van der Waals surface area contributed by atoms with E-state index >= 15 is 28.8 Å². The smallest absolute Gasteiger partial charge is 0.325 e. The molecule has 7 rings (SSSR count). The number of aromatic nitrogens is 1. The largest absolute Gasteiger partial charge is 0.368 e. The Morgan fingerprint density at radius 2 is 0.752 bits per heavy atom. The molecular formula is C83H107N17O26P2S. The van der Waals surface area contributed by atoms with E-state index in [1.165, 1.54) is 86.3 Å². The van der Waals surface area contributed by atoms with Crippen LogP contribution in [-0.2, 0) is 79.9 Å². The van der Waals surface area contributed by atoms with Gasteiger partial charge in [0, 0.05) is 111 Å². The number of H-pyrrole nitrogens is 1. The number of nitrogens with one attached hydrogen (secondary N) is 2. The highest BCUT2D eigenvalue weighted by Crippen LogP contribution is 2.37. The Morgan fingerprint density at radius 3 is 1.13 bits per heavy atom. The van der Waals surface area contributed by atoms with Crippen molar-refractivity contribution in [3.05, 3.63) is 232 Å². The van der Waals surface area contributed by atoms with Crippen molar-refractivity contribution in [2.75, 3.05) is 123 Å². The number of aromatic amines is 1. The van der Waals surface area contributed by atoms with Gasteiger partial charge in [0.15, 0.2) is 0 Å². The van der Waals surface area contributed by atoms with Gasteiger partial charge in [-0.05, 0) is 105 Å². The molecule has 0 unspecified atom stereocenters. The van der Waals surface area contributed by atoms with Crippen LogP contribution in [0.25, 0.3) is 10.9 Å². The van der Waals surface area contributed by atoms with E-state index in [0.29, 0.717) is 22.0 Å². The number of nitrogens with zero attached hydrogens (tertiary/aromatic N) is 13. The second-order valence-electron chi connectivity index (χ2n) is 31.3. The van der Waals surface area contributed by atoms with Crippen LogP contribution in [0.3, 0.4) is 0 Å². The van der Waals surface area contributed by atoms with Crippen LogP contribution in [0.4, 0.5) is 22.7 Å². The second kappa shape index (κ2) is 47.9. The minimum absolute atomic E-state index is 0.0608. The molecule has 6 aromatic carbocycles. The highest BCUT2D eigenvalue weighted by atomic mass is 32.2. The summed E-state index contributed by atoms with van der Waals surface area (Å²) in [5.41, 5.74) is 7.48. The first-order valence-corrected chi connectivity index (χ1v) is 46.2. The van der Waals surface area contributed by atoms with Crippen LogP contribution in [0.2, 0.25) is 0 Å². The molecule has 0 aliphatic carbocycles. The molecule has 0 bridgehead atoms. The van der Waals surface area contributed by atoms with Crippen molar-refractivity contribution in [2.24, 2.45) is 16.8 Å². The third kappa shape index (κ3) is 33.2. The van der Waals surface area contributed by atoms with Gasteiger partial charge in [-0.25, -0.2) is 13.6 Å². The van der Waals surface area contributed by atoms with Crippen LogP contribution in [0.15, 0.2) is 158 Å². The van der Waals surface area contributed by atoms with Crippen molar-refractivity contribution in [1.82, 2.24) is 54.4 Å². The Bertz CT molecular complexity index is 5360. The predicted molar refractivity (Wildman–Crippen MR) is 470 cm³/mol. The third-order valence-electron chi connectivity index (χ3n) is 21.5. The van der Waals surface area contributed by atoms with Crippen molar-refractivity contribution in [2.45, 2.75) is 97.8 Å². The number of non-ortho nitro benzene ring substituents is 4. The minimum atomic E-state index is -4.90. The number of nitro groups is 4. The second-order valence-corrected chi connectivity index (χ2v) is 36.6. The van der Waals surface area contributed by atoms with Crippen molar-refractivity contribution in [3.63, 3.8) is 0 Å². The number of primary sulfonamides is 1. The van der Waals surface area contributed by atoms with E-state index in [0.717, 1.165) is 81.2 Å². The van der Waals surface area contributed by atoms with Crippen LogP contribution < -0.4 is 16.2 Å². The number of carbonyl (C=O) groups is 10. The summed E-state index contributed by atoms with van der Waals surface area (Å²) in [5.74, 6) is -11.2. The number of para-hydroxylation sites is 1. The van der Waals surface area contributed by atoms with Gasteiger partial charge in [-0.15, -0.1) is 0 Å². The van der Waals surface area contributed by atoms with E-state index in [9.17, 15) is 96.8 Å². The van der Waals surface area contributed by atoms with Crippen LogP contribution >= 0.6 is 15.2 Å². The molecule has 43 nitrogen and oxygen atoms in total. The van der Waals surface area contributed by atoms with Gasteiger partial charge in [-0.1, -0.05) is 111 Å². The SMILES string of the molecule is CC(C)CCN(CC(=O)N(CCS(N)(=O)=O)CC(=O)N(CC(N)=O)[C@@H](C)c1ccc([N+](=O)[O-])cc1)C(=O)CN(CCCP(=O)(O)O)C(=O)CN(C(=O)CN(CCc1c[nH]c2ccccc12)C(=O)CN(CCCP(=O)(O)O)C(=O)CN(C(=O)CN(CCc1ccccc1)C(=O)CN[C@@H](C)c1ccc([N+](=O)[O-])cc1)[C@@H](C)c1ccc([N+](=O)[O-])cc1)[C@@H](C)c1ccc([N+](=O)[O-])cc1. The van der Waals surface area contributed by atoms with Crippen LogP contribution in [0.1, 0.15) is 118 Å². The lowest BCUT2D eigenvalue weighted by atomic mass is 10.1. The van der Waals surface area contributed by atoms with Crippen molar-refractivity contribution < 1.29 is 105 Å². The van der Waals surface area contributed by atoms with Gasteiger partial charge in [-0.2, -0.15) is 0 Å². The number of amides is 10. The summed E-state index contributed by atoms with van der Waals surface area (Å²) >= 11 is 0. The van der Waals surface area contributed by atoms with Gasteiger partial charge in [0.25, 0.3) is 22.7 Å². The fourth-order valence-corrected chi connectivity index (χ4v) is 15.5. The number of rotatable bonds is 52. The molecule has 10 amide bonds. The summed E-state index contributed by atoms with van der Waals surface area (Å²) in [5, 5.41) is 56.1. The highest BCUT2D eigenvalue weighted by Gasteiger charge is 2.37. The van der Waals surface area contributed by atoms with Crippen LogP contribution in [0, 0.1) is 46.4 Å². The Morgan fingerprint density at radius 1 is 0.419 bits per heavy atom. The number of hydrogen-bond donors (Lipinski definition) is 8. The number of nitro benzene ring substituents is 4. The maximum Gasteiger partial charge on any atom is 0.325 e. The molecule has 696 valence electrons. The molecule has 0 saturated carbocycles. The summed E-state index contributed by atoms with van der Waals surface area (Å²) < 4.78 is 50.1. The molecule has 0 saturated heterocycles. The fourth-order valence-electron chi connectivity index (χ4n) is 13.9. The van der Waals surface area contributed by atoms with Crippen LogP contribution in [-0.4, -0.2) is 279 Å². The molecular weight excluding hydrogens is 1750 g/mol. The highest BCUT2D eigenvalue weighted by molar-refractivity contribution is 7.89. The zero-order valence-electron chi connectivity index (χ0n) is 71.9. The van der Waals surface area contributed by atoms with E-state index < -0.39 is 256 Å². The lowest BCUT2D eigenvalue weighted by Crippen LogP contribution is -2.53. The maximum absolute atomic E-state index is 15.9. The Labute approximate surface area is 742 Å². The normalized spacial score (nSPS) is 12.5. The Balaban J connectivity index is 1.27. The zero-order valence-corrected chi connectivity index (χ0v) is 74.5. The van der Waals surface area contributed by atoms with E-state index in [1.54, 1.807) is 81.6 Å². The number of carbonyl (C=O) groups excluding carboxylic acids is 10. The number of fused-ring (bicyclic) bond motifs is 1. The van der Waals surface area contributed by atoms with Gasteiger partial charge in [-0.3, -0.25) is 97.5 Å². The van der Waals surface area contributed by atoms with Gasteiger partial charge in [0.05, 0.1) is 108 Å². The average molecular weight is 1850 g/mol. The number of nitrogens with two attached hydrogens (primary N) is 2. The molecule has 0 spiro atoms. The molecule has 7 aromatic rings. The van der Waals surface area contributed by atoms with Gasteiger partial charge in [0.1, 0.15) is 13.1 Å². The molecule has 46 heteroatoms. The number of hydrogen-bond acceptors (Lipinski definition) is 23. The first-order chi connectivity index (χ1) is 60.6. The Hall–Kier alpha value is -12.7. The number of primary amides is 1. The molecule has 129 heavy (non-hydrogen) atoms. The van der Waals surface area contributed by atoms with Crippen molar-refractivity contribution in [3.8, 4) is 0 Å². The molecule has 0 fully saturated rings. The topological polar surface area (TPSA) is 601 Å². The standard InChI is InChI=1S/C83H107N17O26P2S/c1-57(2)34-39-91(51-78(105)93(42-45-129(85,125)126)54-81(108)94(48-74(84)101)59(4)64-20-28-69(29-21-64)98(113)114)76(103)49-88(37-12-43-127(119,120)121)80(107)56-96(61(6)66-24-32-71(33-25-66)100(117)118)83(110)53-92(41-36-67-46-87-73-17-11-10-16-72(67)73)77(104)50-89(38-13-44-128(122,123)124)79(106)55-95(60(5)65-22-30-70(31-23-65)99(115)116)82(109)52-90(40-35-62-14-8-7-9-15-62)75(102)47-86-58(3)63-18-26-68(27-19-63)97(111)112/h7-11,14-33,46,57-61,86-87H,12-13,34-45,47-56H2,1-6H3,(H2,84,101)(H2,85,125,126)(H2,119,120,121)(H2,122,123,124)/t58-,59-,60-,61-/m0/s1. The average Bonchev–Trinajstić information content (AvgIpc) is 0.938. The molecule has 1 aromatic heterocycles. The molecule has 4 atom stereocenters. The maximum atomic E-state index is 15.9. The van der Waals surface area contributed by atoms with E-state index in [2.05, 4.69) is 10.3 Å². The van der Waals surface area contributed by atoms with Crippen LogP contribution in [0.5, 0.6) is 0 Å². The summed E-state index contributed by atoms with van der Waals surface area (Å²) in [6, 6.07) is 31.8. The van der Waals surface area contributed by atoms with E-state index in [4.69, 9.17) is 10.9 Å². The van der Waals surface area contributed by atoms with Gasteiger partial charge in [0.2, 0.25) is 69.1 Å². The summed E-state index contributed by atoms with van der Waals surface area (Å²) in [6.45, 7) is -2.24. The predicted octanol–water partition coefficient (Wildman–Crippen LogP) is 5.63. The minimum Gasteiger partial charge on any atom is -0.368 e. The van der Waals surface area contributed by atoms with Gasteiger partial charge < -0.3 is 79.7 Å². The number of benzene rings is 6. The lowest BCUT2D eigenvalue weighted by Gasteiger charge is -2.35. The lowest BCUT2D eigenvalue weighted by molar-refractivity contribution is -0.385. The van der Waals surface area contributed by atoms with Crippen molar-refractivity contribution in [1.29, 1.82) is 0 Å². The monoisotopic (exact) mass is 1850 g/mol. The van der Waals surface area contributed by atoms with E-state index in [-0.39, 0.29) is 72.0 Å². The molecule has 0 radical (unpaired) electrons. The summed E-state index contributed by atoms with van der Waals surface area (Å²) in [6.07, 6.45) is -0.848. The quantitative estimate of drug-likeness (QED) is 0.0130. The molecule has 10 N–H and O–H groups in total. The third-order valence-corrected chi connectivity index (χ3v) is 24.1. The first-order valence-electron chi connectivity index (χ1n) is 40.9. The first kappa shape index (κ1) is 103. The molecule has 0 aliphatic heterocycles.